The van der Waals surface area contributed by atoms with Gasteiger partial charge in [0.05, 0.1) is 14.2 Å². The largest absolute Gasteiger partial charge is 0.497 e. The van der Waals surface area contributed by atoms with E-state index in [4.69, 9.17) is 21.7 Å². The Bertz CT molecular complexity index is 986. The Morgan fingerprint density at radius 2 is 1.78 bits per heavy atom. The molecule has 0 saturated heterocycles. The molecule has 0 aliphatic carbocycles. The molecule has 7 nitrogen and oxygen atoms in total. The quantitative estimate of drug-likeness (QED) is 0.635. The van der Waals surface area contributed by atoms with Crippen LogP contribution in [0.25, 0.3) is 11.4 Å². The van der Waals surface area contributed by atoms with Gasteiger partial charge in [-0.05, 0) is 19.1 Å². The first-order chi connectivity index (χ1) is 13.0. The lowest BCUT2D eigenvalue weighted by atomic mass is 10.1. The lowest BCUT2D eigenvalue weighted by molar-refractivity contribution is -0.116. The van der Waals surface area contributed by atoms with Crippen molar-refractivity contribution in [2.24, 2.45) is 0 Å². The summed E-state index contributed by atoms with van der Waals surface area (Å²) in [6.07, 6.45) is 0. The summed E-state index contributed by atoms with van der Waals surface area (Å²) in [6.45, 7) is 2.04. The lowest BCUT2D eigenvalue weighted by Crippen LogP contribution is -2.19. The summed E-state index contributed by atoms with van der Waals surface area (Å²) in [7, 11) is 3.11. The fourth-order valence-electron chi connectivity index (χ4n) is 2.61. The number of rotatable bonds is 6. The number of carbonyl (C=O) groups excluding carboxylic acids is 1. The fourth-order valence-corrected chi connectivity index (χ4v) is 2.81. The summed E-state index contributed by atoms with van der Waals surface area (Å²) in [6, 6.07) is 13.0. The van der Waals surface area contributed by atoms with Crippen LogP contribution in [0.5, 0.6) is 11.5 Å². The van der Waals surface area contributed by atoms with Gasteiger partial charge in [-0.15, -0.1) is 0 Å². The van der Waals surface area contributed by atoms with Gasteiger partial charge in [0.1, 0.15) is 18.0 Å². The Morgan fingerprint density at radius 3 is 2.37 bits per heavy atom. The molecular weight excluding hydrogens is 364 g/mol. The third-order valence-electron chi connectivity index (χ3n) is 4.00. The van der Waals surface area contributed by atoms with E-state index >= 15 is 0 Å². The van der Waals surface area contributed by atoms with Gasteiger partial charge in [0, 0.05) is 29.4 Å². The molecule has 0 atom stereocenters. The molecule has 2 aromatic carbocycles. The molecule has 0 bridgehead atoms. The number of hydrogen-bond acceptors (Lipinski definition) is 5. The van der Waals surface area contributed by atoms with Crippen LogP contribution in [-0.2, 0) is 11.3 Å². The van der Waals surface area contributed by atoms with Crippen LogP contribution in [0.15, 0.2) is 42.5 Å². The van der Waals surface area contributed by atoms with Crippen LogP contribution in [0, 0.1) is 11.7 Å². The van der Waals surface area contributed by atoms with Crippen molar-refractivity contribution in [2.45, 2.75) is 13.5 Å². The van der Waals surface area contributed by atoms with Gasteiger partial charge in [0.2, 0.25) is 5.91 Å². The van der Waals surface area contributed by atoms with Gasteiger partial charge >= 0.3 is 0 Å². The highest BCUT2D eigenvalue weighted by atomic mass is 32.1. The van der Waals surface area contributed by atoms with E-state index < -0.39 is 0 Å². The second kappa shape index (κ2) is 8.05. The maximum absolute atomic E-state index is 12.6. The van der Waals surface area contributed by atoms with Crippen LogP contribution >= 0.6 is 12.2 Å². The zero-order valence-corrected chi connectivity index (χ0v) is 16.1. The third-order valence-corrected chi connectivity index (χ3v) is 4.32. The van der Waals surface area contributed by atoms with Crippen molar-refractivity contribution in [3.8, 4) is 22.9 Å². The number of hydrogen-bond donors (Lipinski definition) is 2. The third kappa shape index (κ3) is 4.35. The molecule has 3 rings (SSSR count). The molecule has 8 heteroatoms. The number of ether oxygens (including phenoxy) is 2. The van der Waals surface area contributed by atoms with Crippen molar-refractivity contribution in [3.63, 3.8) is 0 Å². The molecule has 0 saturated carbocycles. The van der Waals surface area contributed by atoms with Crippen molar-refractivity contribution in [1.29, 1.82) is 0 Å². The predicted octanol–water partition coefficient (Wildman–Crippen LogP) is 3.57. The Labute approximate surface area is 161 Å². The number of carbonyl (C=O) groups is 1. The molecule has 0 fully saturated rings. The van der Waals surface area contributed by atoms with E-state index in [0.29, 0.717) is 27.8 Å². The van der Waals surface area contributed by atoms with Crippen LogP contribution < -0.4 is 14.8 Å². The van der Waals surface area contributed by atoms with Crippen molar-refractivity contribution < 1.29 is 14.3 Å². The van der Waals surface area contributed by atoms with Crippen LogP contribution in [0.1, 0.15) is 5.56 Å². The number of aromatic amines is 1. The predicted molar refractivity (Wildman–Crippen MR) is 106 cm³/mol. The van der Waals surface area contributed by atoms with E-state index in [-0.39, 0.29) is 12.5 Å². The summed E-state index contributed by atoms with van der Waals surface area (Å²) >= 11 is 5.29. The summed E-state index contributed by atoms with van der Waals surface area (Å²) in [5.74, 6) is 1.55. The molecule has 3 aromatic rings. The van der Waals surface area contributed by atoms with Crippen molar-refractivity contribution in [2.75, 3.05) is 19.5 Å². The number of amides is 1. The van der Waals surface area contributed by atoms with Gasteiger partial charge in [0.25, 0.3) is 0 Å². The smallest absolute Gasteiger partial charge is 0.244 e. The number of nitrogens with one attached hydrogen (secondary N) is 2. The highest BCUT2D eigenvalue weighted by molar-refractivity contribution is 7.71. The first kappa shape index (κ1) is 18.7. The average Bonchev–Trinajstić information content (AvgIpc) is 3.02. The topological polar surface area (TPSA) is 81.2 Å². The first-order valence-electron chi connectivity index (χ1n) is 8.25. The monoisotopic (exact) mass is 384 g/mol. The van der Waals surface area contributed by atoms with Gasteiger partial charge < -0.3 is 14.8 Å². The van der Waals surface area contributed by atoms with Crippen LogP contribution in [0.2, 0.25) is 0 Å². The zero-order chi connectivity index (χ0) is 19.4. The molecule has 140 valence electrons. The Hall–Kier alpha value is -3.13. The fraction of sp³-hybridized carbons (Fsp3) is 0.211. The SMILES string of the molecule is COc1cc(NC(=O)Cn2c(-c3ccc(C)cc3)n[nH]c2=S)cc(OC)c1. The molecule has 1 aromatic heterocycles. The second-order valence-corrected chi connectivity index (χ2v) is 6.34. The molecule has 2 N–H and O–H groups in total. The summed E-state index contributed by atoms with van der Waals surface area (Å²) in [5.41, 5.74) is 2.59. The number of aryl methyl sites for hydroxylation is 1. The average molecular weight is 384 g/mol. The van der Waals surface area contributed by atoms with E-state index in [2.05, 4.69) is 15.5 Å². The Kier molecular flexibility index (Phi) is 5.56. The summed E-state index contributed by atoms with van der Waals surface area (Å²) in [5, 5.41) is 9.85. The Balaban J connectivity index is 1.82. The highest BCUT2D eigenvalue weighted by Gasteiger charge is 2.13. The van der Waals surface area contributed by atoms with Gasteiger partial charge in [-0.1, -0.05) is 29.8 Å². The molecular formula is C19H20N4O3S. The number of methoxy groups -OCH3 is 2. The van der Waals surface area contributed by atoms with E-state index in [9.17, 15) is 4.79 Å². The van der Waals surface area contributed by atoms with Gasteiger partial charge in [-0.25, -0.2) is 0 Å². The molecule has 1 heterocycles. The molecule has 0 aliphatic rings. The number of nitrogens with zero attached hydrogens (tertiary/aromatic N) is 2. The van der Waals surface area contributed by atoms with E-state index in [1.54, 1.807) is 37.0 Å². The van der Waals surface area contributed by atoms with Crippen LogP contribution in [0.3, 0.4) is 0 Å². The maximum atomic E-state index is 12.6. The minimum Gasteiger partial charge on any atom is -0.497 e. The lowest BCUT2D eigenvalue weighted by Gasteiger charge is -2.11. The molecule has 0 unspecified atom stereocenters. The number of benzene rings is 2. The molecule has 0 radical (unpaired) electrons. The minimum atomic E-state index is -0.240. The molecule has 0 aliphatic heterocycles. The first-order valence-corrected chi connectivity index (χ1v) is 8.66. The normalized spacial score (nSPS) is 10.5. The number of H-pyrrole nitrogens is 1. The van der Waals surface area contributed by atoms with Crippen molar-refractivity contribution in [1.82, 2.24) is 14.8 Å². The molecule has 0 spiro atoms. The summed E-state index contributed by atoms with van der Waals surface area (Å²) in [4.78, 5) is 12.6. The van der Waals surface area contributed by atoms with E-state index in [1.807, 2.05) is 31.2 Å². The van der Waals surface area contributed by atoms with E-state index in [0.717, 1.165) is 11.1 Å². The van der Waals surface area contributed by atoms with Crippen molar-refractivity contribution in [3.05, 3.63) is 52.8 Å². The standard InChI is InChI=1S/C19H20N4O3S/c1-12-4-6-13(7-5-12)18-21-22-19(27)23(18)11-17(24)20-14-8-15(25-2)10-16(9-14)26-3/h4-10H,11H2,1-3H3,(H,20,24)(H,22,27). The summed E-state index contributed by atoms with van der Waals surface area (Å²) < 4.78 is 12.5. The van der Waals surface area contributed by atoms with Gasteiger partial charge in [-0.2, -0.15) is 5.10 Å². The van der Waals surface area contributed by atoms with Gasteiger partial charge in [-0.3, -0.25) is 14.5 Å². The zero-order valence-electron chi connectivity index (χ0n) is 15.3. The molecule has 1 amide bonds. The second-order valence-electron chi connectivity index (χ2n) is 5.95. The number of aromatic nitrogens is 3. The van der Waals surface area contributed by atoms with E-state index in [1.165, 1.54) is 0 Å². The van der Waals surface area contributed by atoms with Crippen LogP contribution in [0.4, 0.5) is 5.69 Å². The Morgan fingerprint density at radius 1 is 1.15 bits per heavy atom. The maximum Gasteiger partial charge on any atom is 0.244 e. The molecule has 27 heavy (non-hydrogen) atoms. The number of anilines is 1. The van der Waals surface area contributed by atoms with Crippen molar-refractivity contribution >= 4 is 23.8 Å². The minimum absolute atomic E-state index is 0.0259. The van der Waals surface area contributed by atoms with Gasteiger partial charge in [0.15, 0.2) is 10.6 Å². The van der Waals surface area contributed by atoms with Crippen LogP contribution in [-0.4, -0.2) is 34.9 Å². The highest BCUT2D eigenvalue weighted by Crippen LogP contribution is 2.26.